The highest BCUT2D eigenvalue weighted by Gasteiger charge is 2.43. The number of thioether (sulfide) groups is 1. The van der Waals surface area contributed by atoms with Crippen molar-refractivity contribution in [3.8, 4) is 17.2 Å². The third-order valence-electron chi connectivity index (χ3n) is 15.9. The molecule has 5 aliphatic rings. The number of ether oxygens (including phenoxy) is 6. The molecule has 16 nitrogen and oxygen atoms in total. The molecule has 1 N–H and O–H groups in total. The number of nitrogens with zero attached hydrogens (tertiary/aromatic N) is 4. The number of carbonyl (C=O) groups excluding carboxylic acids is 5. The van der Waals surface area contributed by atoms with Crippen LogP contribution in [0.1, 0.15) is 99.2 Å². The summed E-state index contributed by atoms with van der Waals surface area (Å²) in [7, 11) is 4.75. The number of hydrogen-bond acceptors (Lipinski definition) is 13. The van der Waals surface area contributed by atoms with E-state index in [1.54, 1.807) is 14.2 Å². The van der Waals surface area contributed by atoms with Crippen LogP contribution in [0.25, 0.3) is 0 Å². The van der Waals surface area contributed by atoms with Gasteiger partial charge in [-0.1, -0.05) is 36.4 Å². The second-order valence-electron chi connectivity index (χ2n) is 21.9. The van der Waals surface area contributed by atoms with Crippen LogP contribution < -0.4 is 34.2 Å². The highest BCUT2D eigenvalue weighted by Crippen LogP contribution is 2.43. The molecule has 0 aliphatic carbocycles. The Hall–Kier alpha value is -6.92. The first-order valence-electron chi connectivity index (χ1n) is 27.9. The second kappa shape index (κ2) is 24.8. The highest BCUT2D eigenvalue weighted by atomic mass is 32.2. The van der Waals surface area contributed by atoms with Crippen molar-refractivity contribution in [1.29, 1.82) is 0 Å². The van der Waals surface area contributed by atoms with E-state index in [1.807, 2.05) is 77.4 Å². The molecule has 3 atom stereocenters. The Kier molecular flexibility index (Phi) is 17.5. The molecule has 5 amide bonds. The van der Waals surface area contributed by atoms with Crippen LogP contribution in [0.2, 0.25) is 0 Å². The number of hydrogen-bond donors (Lipinski definition) is 1. The second-order valence-corrected chi connectivity index (χ2v) is 23.8. The van der Waals surface area contributed by atoms with Crippen molar-refractivity contribution in [3.05, 3.63) is 141 Å². The van der Waals surface area contributed by atoms with E-state index in [2.05, 4.69) is 54.4 Å². The molecule has 5 aromatic rings. The minimum absolute atomic E-state index is 0.0225. The van der Waals surface area contributed by atoms with Crippen molar-refractivity contribution < 1.29 is 52.4 Å². The van der Waals surface area contributed by atoms with E-state index in [0.717, 1.165) is 77.0 Å². The summed E-state index contributed by atoms with van der Waals surface area (Å²) in [6.45, 7) is 9.55. The first-order chi connectivity index (χ1) is 38.7. The zero-order valence-electron chi connectivity index (χ0n) is 46.8. The number of nitrogens with one attached hydrogen (secondary N) is 1. The third-order valence-corrected chi connectivity index (χ3v) is 17.3. The van der Waals surface area contributed by atoms with E-state index >= 15 is 0 Å². The molecule has 5 aromatic carbocycles. The van der Waals surface area contributed by atoms with Crippen molar-refractivity contribution in [2.24, 2.45) is 0 Å². The number of likely N-dealkylation sites (tertiary alicyclic amines) is 1. The van der Waals surface area contributed by atoms with Gasteiger partial charge in [0.15, 0.2) is 11.5 Å². The van der Waals surface area contributed by atoms with Gasteiger partial charge in [-0.25, -0.2) is 0 Å². The molecule has 5 aliphatic heterocycles. The lowest BCUT2D eigenvalue weighted by atomic mass is 9.98. The van der Waals surface area contributed by atoms with Crippen LogP contribution in [0, 0.1) is 6.92 Å². The number of rotatable bonds is 24. The minimum atomic E-state index is -0.612. The summed E-state index contributed by atoms with van der Waals surface area (Å²) in [5, 5.41) is 1.96. The lowest BCUT2D eigenvalue weighted by Crippen LogP contribution is -2.41. The van der Waals surface area contributed by atoms with Gasteiger partial charge in [0.05, 0.1) is 45.4 Å². The maximum absolute atomic E-state index is 14.3. The maximum Gasteiger partial charge on any atom is 0.258 e. The molecular weight excluding hydrogens is 1030 g/mol. The van der Waals surface area contributed by atoms with Crippen molar-refractivity contribution in [3.63, 3.8) is 0 Å². The van der Waals surface area contributed by atoms with Gasteiger partial charge in [0.1, 0.15) is 19.0 Å². The molecule has 0 radical (unpaired) electrons. The summed E-state index contributed by atoms with van der Waals surface area (Å²) in [6, 6.07) is 30.6. The Bertz CT molecular complexity index is 3150. The number of para-hydroxylation sites is 2. The Morgan fingerprint density at radius 1 is 0.688 bits per heavy atom. The summed E-state index contributed by atoms with van der Waals surface area (Å²) in [6.07, 6.45) is 4.86. The Balaban J connectivity index is 0.938. The van der Waals surface area contributed by atoms with Crippen molar-refractivity contribution in [2.75, 3.05) is 88.6 Å². The molecule has 0 aromatic heterocycles. The molecule has 80 heavy (non-hydrogen) atoms. The molecule has 1 saturated heterocycles. The van der Waals surface area contributed by atoms with Crippen LogP contribution in [-0.2, 0) is 67.5 Å². The summed E-state index contributed by atoms with van der Waals surface area (Å²) >= 11 is 1.46. The zero-order chi connectivity index (χ0) is 56.1. The van der Waals surface area contributed by atoms with Gasteiger partial charge in [-0.2, -0.15) is 0 Å². The number of anilines is 3. The number of fused-ring (bicyclic) bond motifs is 8. The molecule has 422 valence electrons. The van der Waals surface area contributed by atoms with Crippen molar-refractivity contribution in [1.82, 2.24) is 10.2 Å². The fourth-order valence-corrected chi connectivity index (χ4v) is 13.4. The number of amides is 5. The first-order valence-corrected chi connectivity index (χ1v) is 28.8. The van der Waals surface area contributed by atoms with Gasteiger partial charge in [-0.15, -0.1) is 11.8 Å². The Morgan fingerprint density at radius 2 is 1.26 bits per heavy atom. The minimum Gasteiger partial charge on any atom is -0.493 e. The smallest absolute Gasteiger partial charge is 0.258 e. The summed E-state index contributed by atoms with van der Waals surface area (Å²) in [4.78, 5) is 75.0. The lowest BCUT2D eigenvalue weighted by molar-refractivity contribution is -0.138. The lowest BCUT2D eigenvalue weighted by Gasteiger charge is -2.35. The van der Waals surface area contributed by atoms with E-state index in [0.29, 0.717) is 80.9 Å². The molecule has 5 heterocycles. The fourth-order valence-electron chi connectivity index (χ4n) is 12.0. The monoisotopic (exact) mass is 1110 g/mol. The van der Waals surface area contributed by atoms with Crippen molar-refractivity contribution >= 4 is 58.4 Å². The molecular formula is C63H73N5O11S. The fraction of sp³-hybridized carbons (Fsp3) is 0.444. The number of aryl methyl sites for hydroxylation is 3. The van der Waals surface area contributed by atoms with Crippen molar-refractivity contribution in [2.45, 2.75) is 107 Å². The SMILES string of the molecule is CNC(=O)CCN1C(=O)CC(SC(C)(C)CN(CCOCCOCCOC)c2cc(COc3cc4c(cc3C)C(=O)N3c5ccccc5C[C@H]3CC4)cc(COc3cc4c(cc3OC)C(=O)N3c5ccccc5C[C@H]3CC4)c2)C1=O. The zero-order valence-corrected chi connectivity index (χ0v) is 47.6. The maximum atomic E-state index is 14.3. The largest absolute Gasteiger partial charge is 0.493 e. The highest BCUT2D eigenvalue weighted by molar-refractivity contribution is 8.02. The summed E-state index contributed by atoms with van der Waals surface area (Å²) in [5.74, 6) is 0.860. The molecule has 0 spiro atoms. The normalized spacial score (nSPS) is 18.2. The molecule has 1 fully saturated rings. The van der Waals surface area contributed by atoms with Gasteiger partial charge in [0.25, 0.3) is 11.8 Å². The predicted molar refractivity (Wildman–Crippen MR) is 309 cm³/mol. The molecule has 0 bridgehead atoms. The molecule has 17 heteroatoms. The van der Waals surface area contributed by atoms with Gasteiger partial charge in [0, 0.05) is 91.7 Å². The standard InChI is InChI=1S/C63H73N5O11S/c1-40-27-50-43(15-17-47-31-45-11-7-9-13-52(45)67(47)60(50)71)33-54(40)78-37-41-28-42(38-79-56-34-44-16-18-48-32-46-12-8-10-14-53(46)68(48)61(72)51(44)35-55(56)75-6)30-49(29-41)65(21-22-76-25-26-77-24-23-74-5)39-63(2,3)80-57-36-59(70)66(62(57)73)20-19-58(69)64-4/h7-14,27-30,33-35,47-48,57H,15-26,31-32,36-39H2,1-6H3,(H,64,69)/t47-,48-,57?/m1/s1. The Morgan fingerprint density at radius 3 is 1.88 bits per heavy atom. The number of carbonyl (C=O) groups is 5. The summed E-state index contributed by atoms with van der Waals surface area (Å²) in [5.41, 5.74) is 11.0. The molecule has 0 saturated carbocycles. The van der Waals surface area contributed by atoms with Gasteiger partial charge in [-0.05, 0) is 153 Å². The quantitative estimate of drug-likeness (QED) is 0.0463. The van der Waals surface area contributed by atoms with E-state index in [9.17, 15) is 24.0 Å². The van der Waals surface area contributed by atoms with Crippen LogP contribution in [0.15, 0.2) is 91.0 Å². The van der Waals surface area contributed by atoms with E-state index in [-0.39, 0.29) is 74.2 Å². The van der Waals surface area contributed by atoms with Crippen LogP contribution in [0.3, 0.4) is 0 Å². The van der Waals surface area contributed by atoms with E-state index in [1.165, 1.54) is 34.8 Å². The number of methoxy groups -OCH3 is 2. The van der Waals surface area contributed by atoms with Crippen LogP contribution in [-0.4, -0.2) is 130 Å². The van der Waals surface area contributed by atoms with Gasteiger partial charge in [0.2, 0.25) is 17.7 Å². The average molecular weight is 1110 g/mol. The topological polar surface area (TPSA) is 166 Å². The van der Waals surface area contributed by atoms with E-state index < -0.39 is 10.00 Å². The first kappa shape index (κ1) is 56.4. The van der Waals surface area contributed by atoms with Gasteiger partial charge >= 0.3 is 0 Å². The van der Waals surface area contributed by atoms with Gasteiger partial charge in [-0.3, -0.25) is 28.9 Å². The number of benzene rings is 5. The summed E-state index contributed by atoms with van der Waals surface area (Å²) < 4.78 is 35.9. The van der Waals surface area contributed by atoms with Crippen LogP contribution >= 0.6 is 11.8 Å². The van der Waals surface area contributed by atoms with Crippen LogP contribution in [0.4, 0.5) is 17.1 Å². The van der Waals surface area contributed by atoms with Gasteiger partial charge < -0.3 is 48.4 Å². The Labute approximate surface area is 473 Å². The average Bonchev–Trinajstić information content (AvgIpc) is 4.10. The molecule has 1 unspecified atom stereocenters. The number of imide groups is 1. The van der Waals surface area contributed by atoms with Crippen LogP contribution in [0.5, 0.6) is 17.2 Å². The predicted octanol–water partition coefficient (Wildman–Crippen LogP) is 8.46. The van der Waals surface area contributed by atoms with E-state index in [4.69, 9.17) is 28.4 Å². The molecule has 10 rings (SSSR count). The third kappa shape index (κ3) is 12.4.